The van der Waals surface area contributed by atoms with Gasteiger partial charge in [-0.1, -0.05) is 30.3 Å². The molecule has 3 nitrogen and oxygen atoms in total. The summed E-state index contributed by atoms with van der Waals surface area (Å²) < 4.78 is 4.30. The van der Waals surface area contributed by atoms with Crippen LogP contribution in [0, 0.1) is 7.11 Å². The summed E-state index contributed by atoms with van der Waals surface area (Å²) in [5, 5.41) is 0. The first-order valence-electron chi connectivity index (χ1n) is 4.28. The average molecular weight is 197 g/mol. The molecule has 0 aromatic heterocycles. The van der Waals surface area contributed by atoms with Gasteiger partial charge in [0.1, 0.15) is 6.04 Å². The molecule has 0 saturated heterocycles. The number of hydrogen-bond acceptors (Lipinski definition) is 3. The van der Waals surface area contributed by atoms with Crippen molar-refractivity contribution >= 4 is 12.2 Å². The van der Waals surface area contributed by atoms with Crippen LogP contribution in [0.4, 0.5) is 0 Å². The Bertz CT molecular complexity index is 325. The van der Waals surface area contributed by atoms with E-state index in [1.54, 1.807) is 13.1 Å². The number of hydrogen-bond donors (Lipinski definition) is 0. The molecule has 0 bridgehead atoms. The Kier molecular flexibility index (Phi) is 6.77. The van der Waals surface area contributed by atoms with Crippen molar-refractivity contribution in [3.8, 4) is 0 Å². The van der Waals surface area contributed by atoms with Gasteiger partial charge >= 0.3 is 18.9 Å². The molecular formula is C11H12LiNO2. The van der Waals surface area contributed by atoms with Gasteiger partial charge in [-0.05, 0) is 12.5 Å². The zero-order chi connectivity index (χ0) is 10.4. The van der Waals surface area contributed by atoms with Gasteiger partial charge in [-0.3, -0.25) is 9.79 Å². The molecule has 0 fully saturated rings. The van der Waals surface area contributed by atoms with Crippen molar-refractivity contribution in [1.82, 2.24) is 0 Å². The third-order valence-electron chi connectivity index (χ3n) is 1.73. The number of ether oxygens (including phenoxy) is 1. The number of esters is 1. The predicted octanol–water partition coefficient (Wildman–Crippen LogP) is -1.17. The molecule has 4 heteroatoms. The van der Waals surface area contributed by atoms with Crippen molar-refractivity contribution in [3.05, 3.63) is 43.0 Å². The Labute approximate surface area is 102 Å². The minimum atomic E-state index is -0.507. The van der Waals surface area contributed by atoms with Crippen molar-refractivity contribution in [3.63, 3.8) is 0 Å². The van der Waals surface area contributed by atoms with Gasteiger partial charge in [-0.15, -0.1) is 0 Å². The molecule has 0 saturated carbocycles. The number of carbonyl (C=O) groups is 1. The van der Waals surface area contributed by atoms with Crippen LogP contribution in [0.1, 0.15) is 12.5 Å². The van der Waals surface area contributed by atoms with Gasteiger partial charge in [0.05, 0.1) is 0 Å². The molecular weight excluding hydrogens is 185 g/mol. The van der Waals surface area contributed by atoms with Crippen molar-refractivity contribution in [2.75, 3.05) is 0 Å². The Hall–Kier alpha value is -1.04. The summed E-state index contributed by atoms with van der Waals surface area (Å²) in [5.41, 5.74) is 0.955. The van der Waals surface area contributed by atoms with Crippen LogP contribution in [0.2, 0.25) is 0 Å². The van der Waals surface area contributed by atoms with Crippen LogP contribution in [-0.2, 0) is 9.53 Å². The topological polar surface area (TPSA) is 38.7 Å². The average Bonchev–Trinajstić information content (AvgIpc) is 2.26. The molecule has 15 heavy (non-hydrogen) atoms. The molecule has 0 radical (unpaired) electrons. The van der Waals surface area contributed by atoms with E-state index in [1.807, 2.05) is 30.3 Å². The monoisotopic (exact) mass is 197 g/mol. The van der Waals surface area contributed by atoms with Crippen LogP contribution in [0.3, 0.4) is 0 Å². The number of nitrogens with zero attached hydrogens (tertiary/aromatic N) is 1. The predicted molar refractivity (Wildman–Crippen MR) is 54.9 cm³/mol. The minimum Gasteiger partial charge on any atom is -0.639 e. The normalized spacial score (nSPS) is 11.9. The van der Waals surface area contributed by atoms with E-state index in [2.05, 4.69) is 16.8 Å². The molecule has 0 amide bonds. The van der Waals surface area contributed by atoms with Crippen LogP contribution >= 0.6 is 0 Å². The van der Waals surface area contributed by atoms with E-state index in [9.17, 15) is 4.79 Å². The quantitative estimate of drug-likeness (QED) is 0.265. The maximum atomic E-state index is 10.9. The molecule has 0 unspecified atom stereocenters. The van der Waals surface area contributed by atoms with Crippen LogP contribution in [-0.4, -0.2) is 18.2 Å². The van der Waals surface area contributed by atoms with Gasteiger partial charge in [-0.25, -0.2) is 0 Å². The van der Waals surface area contributed by atoms with Crippen molar-refractivity contribution in [2.45, 2.75) is 13.0 Å². The largest absolute Gasteiger partial charge is 1.00 e. The van der Waals surface area contributed by atoms with Crippen molar-refractivity contribution in [1.29, 1.82) is 0 Å². The Balaban J connectivity index is 0.00000196. The van der Waals surface area contributed by atoms with Crippen molar-refractivity contribution in [2.24, 2.45) is 4.99 Å². The first kappa shape index (κ1) is 14.0. The maximum Gasteiger partial charge on any atom is 1.00 e. The zero-order valence-corrected chi connectivity index (χ0v) is 9.01. The summed E-state index contributed by atoms with van der Waals surface area (Å²) in [5.74, 6) is -0.433. The standard InChI is InChI=1S/C11H12NO2.Li/c1-9(11(13)14-2)12-8-10-6-4-3-5-7-10;/h3-9H,2H2,1H3;/q-1;+1/t9-;/m0./s1. The maximum absolute atomic E-state index is 10.9. The Morgan fingerprint density at radius 3 is 2.60 bits per heavy atom. The summed E-state index contributed by atoms with van der Waals surface area (Å²) in [6, 6.07) is 9.05. The van der Waals surface area contributed by atoms with Gasteiger partial charge in [0.2, 0.25) is 0 Å². The second kappa shape index (κ2) is 7.28. The van der Waals surface area contributed by atoms with Gasteiger partial charge in [0.15, 0.2) is 0 Å². The smallest absolute Gasteiger partial charge is 0.639 e. The number of aliphatic imine (C=N–C) groups is 1. The third-order valence-corrected chi connectivity index (χ3v) is 1.73. The first-order valence-corrected chi connectivity index (χ1v) is 4.28. The van der Waals surface area contributed by atoms with Crippen LogP contribution in [0.25, 0.3) is 0 Å². The van der Waals surface area contributed by atoms with E-state index >= 15 is 0 Å². The molecule has 0 aliphatic heterocycles. The molecule has 0 heterocycles. The van der Waals surface area contributed by atoms with Gasteiger partial charge in [-0.2, -0.15) is 7.11 Å². The molecule has 0 aliphatic rings. The van der Waals surface area contributed by atoms with Crippen LogP contribution in [0.15, 0.2) is 35.3 Å². The summed E-state index contributed by atoms with van der Waals surface area (Å²) in [6.45, 7) is 1.66. The van der Waals surface area contributed by atoms with Gasteiger partial charge < -0.3 is 4.74 Å². The fourth-order valence-electron chi connectivity index (χ4n) is 0.918. The Morgan fingerprint density at radius 1 is 1.47 bits per heavy atom. The second-order valence-corrected chi connectivity index (χ2v) is 2.83. The fourth-order valence-corrected chi connectivity index (χ4v) is 0.918. The summed E-state index contributed by atoms with van der Waals surface area (Å²) >= 11 is 0. The Morgan fingerprint density at radius 2 is 2.07 bits per heavy atom. The number of carbonyl (C=O) groups excluding carboxylic acids is 1. The minimum absolute atomic E-state index is 0. The molecule has 1 rings (SSSR count). The van der Waals surface area contributed by atoms with E-state index in [0.29, 0.717) is 0 Å². The van der Waals surface area contributed by atoms with E-state index in [0.717, 1.165) is 5.56 Å². The van der Waals surface area contributed by atoms with E-state index in [-0.39, 0.29) is 18.9 Å². The third kappa shape index (κ3) is 4.82. The van der Waals surface area contributed by atoms with Gasteiger partial charge in [0, 0.05) is 6.21 Å². The fraction of sp³-hybridized carbons (Fsp3) is 0.182. The summed E-state index contributed by atoms with van der Waals surface area (Å²) in [4.78, 5) is 15.0. The van der Waals surface area contributed by atoms with Crippen LogP contribution in [0.5, 0.6) is 0 Å². The number of benzene rings is 1. The second-order valence-electron chi connectivity index (χ2n) is 2.83. The zero-order valence-electron chi connectivity index (χ0n) is 9.01. The number of rotatable bonds is 3. The molecule has 74 valence electrons. The molecule has 0 aliphatic carbocycles. The molecule has 0 N–H and O–H groups in total. The van der Waals surface area contributed by atoms with E-state index < -0.39 is 12.0 Å². The molecule has 1 aromatic carbocycles. The van der Waals surface area contributed by atoms with Crippen molar-refractivity contribution < 1.29 is 28.4 Å². The molecule has 1 atom stereocenters. The SMILES string of the molecule is [CH2-]OC(=O)[C@H](C)N=Cc1ccccc1.[Li+]. The molecule has 0 spiro atoms. The summed E-state index contributed by atoms with van der Waals surface area (Å²) in [6.07, 6.45) is 1.64. The van der Waals surface area contributed by atoms with E-state index in [1.165, 1.54) is 0 Å². The first-order chi connectivity index (χ1) is 6.74. The van der Waals surface area contributed by atoms with E-state index in [4.69, 9.17) is 0 Å². The van der Waals surface area contributed by atoms with Crippen LogP contribution < -0.4 is 18.9 Å². The molecule has 1 aromatic rings. The summed E-state index contributed by atoms with van der Waals surface area (Å²) in [7, 11) is 3.04. The van der Waals surface area contributed by atoms with Gasteiger partial charge in [0.25, 0.3) is 5.97 Å².